The summed E-state index contributed by atoms with van der Waals surface area (Å²) in [5.74, 6) is -0.230. The lowest BCUT2D eigenvalue weighted by Gasteiger charge is -2.27. The molecule has 0 spiro atoms. The monoisotopic (exact) mass is 258 g/mol. The van der Waals surface area contributed by atoms with E-state index in [1.165, 1.54) is 0 Å². The van der Waals surface area contributed by atoms with Crippen molar-refractivity contribution in [3.63, 3.8) is 0 Å². The zero-order chi connectivity index (χ0) is 14.4. The Balaban J connectivity index is 4.29. The van der Waals surface area contributed by atoms with Crippen molar-refractivity contribution in [1.82, 2.24) is 5.32 Å². The molecule has 0 bridgehead atoms. The highest BCUT2D eigenvalue weighted by Crippen LogP contribution is 2.24. The summed E-state index contributed by atoms with van der Waals surface area (Å²) < 4.78 is 0. The van der Waals surface area contributed by atoms with Crippen molar-refractivity contribution in [1.29, 1.82) is 0 Å². The van der Waals surface area contributed by atoms with Gasteiger partial charge in [0.25, 0.3) is 0 Å². The maximum Gasteiger partial charge on any atom is 0.224 e. The smallest absolute Gasteiger partial charge is 0.224 e. The van der Waals surface area contributed by atoms with Gasteiger partial charge in [0.15, 0.2) is 0 Å². The van der Waals surface area contributed by atoms with E-state index in [1.54, 1.807) is 6.92 Å². The lowest BCUT2D eigenvalue weighted by atomic mass is 9.84. The average Bonchev–Trinajstić information content (AvgIpc) is 2.21. The molecule has 0 rings (SSSR count). The molecule has 0 aliphatic heterocycles. The zero-order valence-corrected chi connectivity index (χ0v) is 12.5. The van der Waals surface area contributed by atoms with E-state index >= 15 is 0 Å². The normalized spacial score (nSPS) is 17.1. The van der Waals surface area contributed by atoms with Crippen molar-refractivity contribution >= 4 is 5.91 Å². The summed E-state index contributed by atoms with van der Waals surface area (Å²) in [6.07, 6.45) is 2.33. The van der Waals surface area contributed by atoms with E-state index in [9.17, 15) is 9.90 Å². The van der Waals surface area contributed by atoms with Gasteiger partial charge in [0.05, 0.1) is 11.5 Å². The van der Waals surface area contributed by atoms with Crippen LogP contribution in [0, 0.1) is 11.3 Å². The van der Waals surface area contributed by atoms with Gasteiger partial charge in [-0.3, -0.25) is 4.79 Å². The molecule has 4 N–H and O–H groups in total. The quantitative estimate of drug-likeness (QED) is 0.650. The fourth-order valence-electron chi connectivity index (χ4n) is 2.07. The van der Waals surface area contributed by atoms with Gasteiger partial charge in [-0.1, -0.05) is 34.1 Å². The van der Waals surface area contributed by atoms with Crippen LogP contribution < -0.4 is 11.1 Å². The van der Waals surface area contributed by atoms with Gasteiger partial charge in [-0.25, -0.2) is 0 Å². The molecule has 0 saturated carbocycles. The second kappa shape index (κ2) is 7.10. The van der Waals surface area contributed by atoms with Crippen molar-refractivity contribution in [3.05, 3.63) is 0 Å². The van der Waals surface area contributed by atoms with Crippen LogP contribution in [0.2, 0.25) is 0 Å². The minimum atomic E-state index is -0.828. The number of amides is 1. The first-order valence-corrected chi connectivity index (χ1v) is 6.81. The number of carbonyl (C=O) groups excluding carboxylic acids is 1. The second-order valence-corrected chi connectivity index (χ2v) is 6.66. The molecule has 0 aromatic rings. The van der Waals surface area contributed by atoms with E-state index < -0.39 is 5.60 Å². The molecule has 1 amide bonds. The molecule has 0 saturated heterocycles. The van der Waals surface area contributed by atoms with Crippen LogP contribution in [0.3, 0.4) is 0 Å². The first kappa shape index (κ1) is 17.4. The fourth-order valence-corrected chi connectivity index (χ4v) is 2.07. The Kier molecular flexibility index (Phi) is 6.86. The van der Waals surface area contributed by atoms with Gasteiger partial charge in [-0.2, -0.15) is 0 Å². The fraction of sp³-hybridized carbons (Fsp3) is 0.929. The third-order valence-electron chi connectivity index (χ3n) is 2.95. The third kappa shape index (κ3) is 7.67. The lowest BCUT2D eigenvalue weighted by molar-refractivity contribution is -0.126. The number of aliphatic hydroxyl groups is 1. The second-order valence-electron chi connectivity index (χ2n) is 6.66. The topological polar surface area (TPSA) is 75.3 Å². The number of nitrogens with two attached hydrogens (primary N) is 1. The molecule has 0 radical (unpaired) electrons. The summed E-state index contributed by atoms with van der Waals surface area (Å²) in [5.41, 5.74) is 4.90. The highest BCUT2D eigenvalue weighted by atomic mass is 16.3. The molecule has 4 nitrogen and oxygen atoms in total. The highest BCUT2D eigenvalue weighted by Gasteiger charge is 2.26. The van der Waals surface area contributed by atoms with Crippen molar-refractivity contribution in [3.8, 4) is 0 Å². The van der Waals surface area contributed by atoms with Crippen molar-refractivity contribution < 1.29 is 9.90 Å². The predicted molar refractivity (Wildman–Crippen MR) is 75.2 cm³/mol. The highest BCUT2D eigenvalue weighted by molar-refractivity contribution is 5.79. The minimum absolute atomic E-state index is 0.0520. The van der Waals surface area contributed by atoms with Crippen LogP contribution in [-0.4, -0.2) is 29.7 Å². The number of rotatable bonds is 7. The molecule has 0 aromatic carbocycles. The molecule has 0 aromatic heterocycles. The molecule has 0 heterocycles. The standard InChI is InChI=1S/C14H30N2O2/c1-6-7-14(5,18)10-16-12(17)11(9-15)8-13(2,3)4/h11,18H,6-10,15H2,1-5H3,(H,16,17). The van der Waals surface area contributed by atoms with E-state index in [0.29, 0.717) is 19.5 Å². The summed E-state index contributed by atoms with van der Waals surface area (Å²) in [5, 5.41) is 12.8. The molecule has 18 heavy (non-hydrogen) atoms. The number of hydrogen-bond acceptors (Lipinski definition) is 3. The summed E-state index contributed by atoms with van der Waals surface area (Å²) >= 11 is 0. The molecule has 2 unspecified atom stereocenters. The molecule has 0 fully saturated rings. The third-order valence-corrected chi connectivity index (χ3v) is 2.95. The Morgan fingerprint density at radius 2 is 1.89 bits per heavy atom. The van der Waals surface area contributed by atoms with Gasteiger partial charge < -0.3 is 16.2 Å². The zero-order valence-electron chi connectivity index (χ0n) is 12.5. The number of carbonyl (C=O) groups is 1. The molecule has 0 aliphatic rings. The minimum Gasteiger partial charge on any atom is -0.388 e. The van der Waals surface area contributed by atoms with E-state index in [2.05, 4.69) is 26.1 Å². The molecule has 2 atom stereocenters. The maximum atomic E-state index is 12.0. The Labute approximate surface area is 111 Å². The summed E-state index contributed by atoms with van der Waals surface area (Å²) in [7, 11) is 0. The van der Waals surface area contributed by atoms with Crippen molar-refractivity contribution in [2.75, 3.05) is 13.1 Å². The van der Waals surface area contributed by atoms with Crippen LogP contribution in [0.25, 0.3) is 0 Å². The summed E-state index contributed by atoms with van der Waals surface area (Å²) in [6.45, 7) is 10.7. The van der Waals surface area contributed by atoms with Gasteiger partial charge in [0.2, 0.25) is 5.91 Å². The van der Waals surface area contributed by atoms with Crippen LogP contribution >= 0.6 is 0 Å². The summed E-state index contributed by atoms with van der Waals surface area (Å²) in [4.78, 5) is 12.0. The van der Waals surface area contributed by atoms with Crippen LogP contribution in [0.4, 0.5) is 0 Å². The predicted octanol–water partition coefficient (Wildman–Crippen LogP) is 1.66. The molecule has 108 valence electrons. The van der Waals surface area contributed by atoms with Gasteiger partial charge in [0.1, 0.15) is 0 Å². The maximum absolute atomic E-state index is 12.0. The average molecular weight is 258 g/mol. The first-order chi connectivity index (χ1) is 8.11. The Morgan fingerprint density at radius 1 is 1.33 bits per heavy atom. The van der Waals surface area contributed by atoms with Gasteiger partial charge in [0, 0.05) is 13.1 Å². The van der Waals surface area contributed by atoms with E-state index in [1.807, 2.05) is 6.92 Å². The van der Waals surface area contributed by atoms with Gasteiger partial charge >= 0.3 is 0 Å². The van der Waals surface area contributed by atoms with Crippen LogP contribution in [0.15, 0.2) is 0 Å². The van der Waals surface area contributed by atoms with Gasteiger partial charge in [-0.05, 0) is 25.2 Å². The number of hydrogen-bond donors (Lipinski definition) is 3. The summed E-state index contributed by atoms with van der Waals surface area (Å²) in [6, 6.07) is 0. The van der Waals surface area contributed by atoms with E-state index in [0.717, 1.165) is 12.8 Å². The van der Waals surface area contributed by atoms with E-state index in [4.69, 9.17) is 5.73 Å². The Bertz CT molecular complexity index is 257. The molecular weight excluding hydrogens is 228 g/mol. The molecule has 4 heteroatoms. The molecule has 0 aliphatic carbocycles. The Hall–Kier alpha value is -0.610. The van der Waals surface area contributed by atoms with E-state index in [-0.39, 0.29) is 17.2 Å². The SMILES string of the molecule is CCCC(C)(O)CNC(=O)C(CN)CC(C)(C)C. The lowest BCUT2D eigenvalue weighted by Crippen LogP contribution is -2.44. The van der Waals surface area contributed by atoms with Gasteiger partial charge in [-0.15, -0.1) is 0 Å². The van der Waals surface area contributed by atoms with Crippen molar-refractivity contribution in [2.45, 2.75) is 59.5 Å². The molecular formula is C14H30N2O2. The van der Waals surface area contributed by atoms with Crippen LogP contribution in [0.5, 0.6) is 0 Å². The Morgan fingerprint density at radius 3 is 2.28 bits per heavy atom. The number of nitrogens with one attached hydrogen (secondary N) is 1. The van der Waals surface area contributed by atoms with Crippen molar-refractivity contribution in [2.24, 2.45) is 17.1 Å². The van der Waals surface area contributed by atoms with Crippen LogP contribution in [-0.2, 0) is 4.79 Å². The first-order valence-electron chi connectivity index (χ1n) is 6.81. The van der Waals surface area contributed by atoms with Crippen LogP contribution in [0.1, 0.15) is 53.9 Å². The largest absolute Gasteiger partial charge is 0.388 e.